The van der Waals surface area contributed by atoms with Crippen LogP contribution in [0, 0.1) is 5.21 Å². The monoisotopic (exact) mass is 132 g/mol. The first-order chi connectivity index (χ1) is 3.79. The maximum atomic E-state index is 10.6. The quantitative estimate of drug-likeness (QED) is 0.490. The van der Waals surface area contributed by atoms with Crippen LogP contribution in [0.15, 0.2) is 0 Å². The van der Waals surface area contributed by atoms with Crippen LogP contribution in [-0.4, -0.2) is 29.2 Å². The van der Waals surface area contributed by atoms with E-state index in [1.54, 1.807) is 0 Å². The molecule has 1 aliphatic heterocycles. The summed E-state index contributed by atoms with van der Waals surface area (Å²) >= 11 is 1.88. The first-order valence-electron chi connectivity index (χ1n) is 2.83. The average Bonchev–Trinajstić information content (AvgIpc) is 1.64. The van der Waals surface area contributed by atoms with Gasteiger partial charge >= 0.3 is 0 Å². The molecule has 0 aromatic heterocycles. The molecule has 3 heteroatoms. The van der Waals surface area contributed by atoms with E-state index in [0.717, 1.165) is 17.4 Å². The molecule has 0 aliphatic carbocycles. The topological polar surface area (TPSA) is 26.3 Å². The third-order valence-corrected chi connectivity index (χ3v) is 2.34. The SMILES string of the molecule is CC1CN([O-])CCS1. The summed E-state index contributed by atoms with van der Waals surface area (Å²) in [5, 5.41) is 12.3. The van der Waals surface area contributed by atoms with Crippen molar-refractivity contribution in [2.45, 2.75) is 12.2 Å². The number of nitrogens with zero attached hydrogens (tertiary/aromatic N) is 1. The second-order valence-corrected chi connectivity index (χ2v) is 3.62. The normalized spacial score (nSPS) is 33.0. The Hall–Kier alpha value is 0.270. The zero-order valence-electron chi connectivity index (χ0n) is 4.96. The van der Waals surface area contributed by atoms with E-state index in [2.05, 4.69) is 6.92 Å². The van der Waals surface area contributed by atoms with Gasteiger partial charge in [-0.15, -0.1) is 0 Å². The highest BCUT2D eigenvalue weighted by Crippen LogP contribution is 2.16. The molecule has 0 saturated carbocycles. The smallest absolute Gasteiger partial charge is 0.0137 e. The van der Waals surface area contributed by atoms with Crippen molar-refractivity contribution in [1.29, 1.82) is 0 Å². The Bertz CT molecular complexity index is 70.8. The molecule has 0 radical (unpaired) electrons. The molecular formula is C5H10NOS-. The number of hydrogen-bond donors (Lipinski definition) is 0. The van der Waals surface area contributed by atoms with Crippen molar-refractivity contribution in [3.8, 4) is 0 Å². The fourth-order valence-corrected chi connectivity index (χ4v) is 1.77. The Balaban J connectivity index is 2.23. The van der Waals surface area contributed by atoms with Gasteiger partial charge in [0.1, 0.15) is 0 Å². The summed E-state index contributed by atoms with van der Waals surface area (Å²) in [4.78, 5) is 0. The fourth-order valence-electron chi connectivity index (χ4n) is 0.786. The lowest BCUT2D eigenvalue weighted by Crippen LogP contribution is -2.31. The molecule has 0 bridgehead atoms. The molecule has 0 amide bonds. The zero-order valence-corrected chi connectivity index (χ0v) is 5.78. The Kier molecular flexibility index (Phi) is 2.16. The summed E-state index contributed by atoms with van der Waals surface area (Å²) < 4.78 is 0. The summed E-state index contributed by atoms with van der Waals surface area (Å²) in [6.07, 6.45) is 0. The van der Waals surface area contributed by atoms with Crippen LogP contribution < -0.4 is 0 Å². The van der Waals surface area contributed by atoms with E-state index in [-0.39, 0.29) is 0 Å². The van der Waals surface area contributed by atoms with Crippen molar-refractivity contribution in [3.63, 3.8) is 0 Å². The highest BCUT2D eigenvalue weighted by Gasteiger charge is 2.08. The number of hydroxylamine groups is 2. The zero-order chi connectivity index (χ0) is 5.98. The molecule has 0 aromatic carbocycles. The second kappa shape index (κ2) is 2.71. The first-order valence-corrected chi connectivity index (χ1v) is 3.87. The fraction of sp³-hybridized carbons (Fsp3) is 1.00. The highest BCUT2D eigenvalue weighted by molar-refractivity contribution is 7.99. The summed E-state index contributed by atoms with van der Waals surface area (Å²) in [5.74, 6) is 1.00. The van der Waals surface area contributed by atoms with Gasteiger partial charge in [-0.1, -0.05) is 6.92 Å². The molecule has 1 saturated heterocycles. The van der Waals surface area contributed by atoms with Crippen LogP contribution in [0.4, 0.5) is 0 Å². The Labute approximate surface area is 53.8 Å². The van der Waals surface area contributed by atoms with Crippen LogP contribution >= 0.6 is 11.8 Å². The molecular weight excluding hydrogens is 122 g/mol. The average molecular weight is 132 g/mol. The lowest BCUT2D eigenvalue weighted by molar-refractivity contribution is 0.394. The van der Waals surface area contributed by atoms with Gasteiger partial charge in [0.05, 0.1) is 0 Å². The van der Waals surface area contributed by atoms with Gasteiger partial charge in [-0.2, -0.15) is 11.8 Å². The van der Waals surface area contributed by atoms with Gasteiger partial charge < -0.3 is 10.3 Å². The van der Waals surface area contributed by atoms with Crippen LogP contribution in [0.25, 0.3) is 0 Å². The summed E-state index contributed by atoms with van der Waals surface area (Å²) in [7, 11) is 0. The van der Waals surface area contributed by atoms with Gasteiger partial charge in [0.15, 0.2) is 0 Å². The standard InChI is InChI=1S/C5H10NOS/c1-5-4-6(7)2-3-8-5/h5H,2-4H2,1H3/q-1. The molecule has 1 heterocycles. The molecule has 2 nitrogen and oxygen atoms in total. The predicted molar refractivity (Wildman–Crippen MR) is 36.9 cm³/mol. The van der Waals surface area contributed by atoms with Crippen molar-refractivity contribution in [2.75, 3.05) is 18.8 Å². The Morgan fingerprint density at radius 2 is 2.50 bits per heavy atom. The predicted octanol–water partition coefficient (Wildman–Crippen LogP) is 0.921. The van der Waals surface area contributed by atoms with Crippen LogP contribution in [0.1, 0.15) is 6.92 Å². The Morgan fingerprint density at radius 3 is 2.88 bits per heavy atom. The molecule has 8 heavy (non-hydrogen) atoms. The molecule has 1 unspecified atom stereocenters. The molecule has 48 valence electrons. The van der Waals surface area contributed by atoms with E-state index in [0.29, 0.717) is 11.8 Å². The van der Waals surface area contributed by atoms with Gasteiger partial charge in [0.2, 0.25) is 0 Å². The first kappa shape index (κ1) is 6.39. The maximum absolute atomic E-state index is 10.6. The highest BCUT2D eigenvalue weighted by atomic mass is 32.2. The van der Waals surface area contributed by atoms with Crippen molar-refractivity contribution >= 4 is 11.8 Å². The molecule has 1 rings (SSSR count). The third-order valence-electron chi connectivity index (χ3n) is 1.20. The summed E-state index contributed by atoms with van der Waals surface area (Å²) in [6.45, 7) is 3.52. The second-order valence-electron chi connectivity index (χ2n) is 2.07. The molecule has 0 spiro atoms. The summed E-state index contributed by atoms with van der Waals surface area (Å²) in [5.41, 5.74) is 0. The van der Waals surface area contributed by atoms with E-state index in [1.165, 1.54) is 0 Å². The van der Waals surface area contributed by atoms with Crippen molar-refractivity contribution < 1.29 is 0 Å². The number of thioether (sulfide) groups is 1. The number of hydrogen-bond acceptors (Lipinski definition) is 3. The third kappa shape index (κ3) is 1.65. The van der Waals surface area contributed by atoms with Crippen molar-refractivity contribution in [2.24, 2.45) is 0 Å². The van der Waals surface area contributed by atoms with Crippen LogP contribution in [0.2, 0.25) is 0 Å². The maximum Gasteiger partial charge on any atom is 0.0137 e. The minimum atomic E-state index is 0.543. The van der Waals surface area contributed by atoms with Crippen LogP contribution in [-0.2, 0) is 0 Å². The minimum absolute atomic E-state index is 0.543. The van der Waals surface area contributed by atoms with E-state index in [9.17, 15) is 5.21 Å². The van der Waals surface area contributed by atoms with Crippen molar-refractivity contribution in [3.05, 3.63) is 5.21 Å². The van der Waals surface area contributed by atoms with E-state index < -0.39 is 0 Å². The summed E-state index contributed by atoms with van der Waals surface area (Å²) in [6, 6.07) is 0. The molecule has 0 N–H and O–H groups in total. The van der Waals surface area contributed by atoms with Gasteiger partial charge in [-0.05, 0) is 13.1 Å². The van der Waals surface area contributed by atoms with Crippen LogP contribution in [0.5, 0.6) is 0 Å². The van der Waals surface area contributed by atoms with E-state index >= 15 is 0 Å². The number of rotatable bonds is 0. The van der Waals surface area contributed by atoms with E-state index in [1.807, 2.05) is 11.8 Å². The van der Waals surface area contributed by atoms with Crippen LogP contribution in [0.3, 0.4) is 0 Å². The van der Waals surface area contributed by atoms with Gasteiger partial charge in [0.25, 0.3) is 0 Å². The Morgan fingerprint density at radius 1 is 1.75 bits per heavy atom. The lowest BCUT2D eigenvalue weighted by atomic mass is 10.4. The van der Waals surface area contributed by atoms with Gasteiger partial charge in [-0.25, -0.2) is 0 Å². The molecule has 1 atom stereocenters. The largest absolute Gasteiger partial charge is 0.785 e. The molecule has 1 aliphatic rings. The molecule has 1 fully saturated rings. The van der Waals surface area contributed by atoms with Crippen molar-refractivity contribution in [1.82, 2.24) is 5.06 Å². The van der Waals surface area contributed by atoms with Gasteiger partial charge in [0, 0.05) is 11.0 Å². The van der Waals surface area contributed by atoms with E-state index in [4.69, 9.17) is 0 Å². The lowest BCUT2D eigenvalue weighted by Gasteiger charge is -2.35. The minimum Gasteiger partial charge on any atom is -0.785 e. The van der Waals surface area contributed by atoms with Gasteiger partial charge in [-0.3, -0.25) is 0 Å². The molecule has 0 aromatic rings.